The van der Waals surface area contributed by atoms with Crippen LogP contribution in [0.15, 0.2) is 34.9 Å². The Hall–Kier alpha value is -2.03. The summed E-state index contributed by atoms with van der Waals surface area (Å²) in [5.74, 6) is 0.962. The van der Waals surface area contributed by atoms with Crippen molar-refractivity contribution in [2.75, 3.05) is 37.5 Å². The number of nitrogens with one attached hydrogen (secondary N) is 2. The Bertz CT molecular complexity index is 781. The number of hydrogen-bond donors (Lipinski definition) is 2. The van der Waals surface area contributed by atoms with E-state index in [1.165, 1.54) is 11.8 Å². The molecule has 1 aromatic heterocycles. The number of anilines is 1. The van der Waals surface area contributed by atoms with Gasteiger partial charge >= 0.3 is 0 Å². The van der Waals surface area contributed by atoms with E-state index in [1.807, 2.05) is 43.3 Å². The van der Waals surface area contributed by atoms with Crippen molar-refractivity contribution in [3.63, 3.8) is 0 Å². The SMILES string of the molecule is Cc1cc(NC(=O)CSCC(=O)NC[C@H](c2ccccc2Cl)N(C)C)no1. The molecule has 0 fully saturated rings. The van der Waals surface area contributed by atoms with E-state index in [2.05, 4.69) is 15.8 Å². The molecule has 0 spiro atoms. The fraction of sp³-hybridized carbons (Fsp3) is 0.389. The minimum Gasteiger partial charge on any atom is -0.360 e. The molecule has 1 heterocycles. The lowest BCUT2D eigenvalue weighted by Gasteiger charge is -2.26. The van der Waals surface area contributed by atoms with Gasteiger partial charge < -0.3 is 20.1 Å². The topological polar surface area (TPSA) is 87.5 Å². The van der Waals surface area contributed by atoms with Crippen molar-refractivity contribution in [1.29, 1.82) is 0 Å². The van der Waals surface area contributed by atoms with Crippen LogP contribution in [0, 0.1) is 6.92 Å². The summed E-state index contributed by atoms with van der Waals surface area (Å²) in [7, 11) is 3.87. The Kier molecular flexibility index (Phi) is 8.15. The van der Waals surface area contributed by atoms with Crippen LogP contribution in [-0.2, 0) is 9.59 Å². The number of nitrogens with zero attached hydrogens (tertiary/aromatic N) is 2. The van der Waals surface area contributed by atoms with Gasteiger partial charge in [0.15, 0.2) is 5.82 Å². The summed E-state index contributed by atoms with van der Waals surface area (Å²) in [5.41, 5.74) is 0.958. The molecule has 0 saturated carbocycles. The number of carbonyl (C=O) groups is 2. The van der Waals surface area contributed by atoms with Crippen molar-refractivity contribution in [3.8, 4) is 0 Å². The Morgan fingerprint density at radius 1 is 1.26 bits per heavy atom. The summed E-state index contributed by atoms with van der Waals surface area (Å²) >= 11 is 7.50. The summed E-state index contributed by atoms with van der Waals surface area (Å²) in [5, 5.41) is 9.86. The van der Waals surface area contributed by atoms with Crippen molar-refractivity contribution in [2.24, 2.45) is 0 Å². The minimum absolute atomic E-state index is 0.0358. The van der Waals surface area contributed by atoms with Crippen LogP contribution in [0.1, 0.15) is 17.4 Å². The summed E-state index contributed by atoms with van der Waals surface area (Å²) in [6.07, 6.45) is 0. The Morgan fingerprint density at radius 3 is 2.59 bits per heavy atom. The van der Waals surface area contributed by atoms with Gasteiger partial charge in [-0.3, -0.25) is 9.59 Å². The average Bonchev–Trinajstić information content (AvgIpc) is 3.01. The second kappa shape index (κ2) is 10.3. The quantitative estimate of drug-likeness (QED) is 0.660. The lowest BCUT2D eigenvalue weighted by molar-refractivity contribution is -0.118. The molecule has 1 atom stereocenters. The van der Waals surface area contributed by atoms with Gasteiger partial charge in [0, 0.05) is 17.6 Å². The number of thioether (sulfide) groups is 1. The molecule has 0 radical (unpaired) electrons. The number of halogens is 1. The van der Waals surface area contributed by atoms with Gasteiger partial charge in [0.25, 0.3) is 0 Å². The van der Waals surface area contributed by atoms with E-state index in [4.69, 9.17) is 16.1 Å². The van der Waals surface area contributed by atoms with Gasteiger partial charge in [-0.25, -0.2) is 0 Å². The van der Waals surface area contributed by atoms with Crippen LogP contribution in [0.3, 0.4) is 0 Å². The van der Waals surface area contributed by atoms with Crippen LogP contribution in [0.4, 0.5) is 5.82 Å². The molecule has 0 unspecified atom stereocenters. The fourth-order valence-corrected chi connectivity index (χ4v) is 3.33. The maximum atomic E-state index is 12.1. The summed E-state index contributed by atoms with van der Waals surface area (Å²) in [4.78, 5) is 25.9. The van der Waals surface area contributed by atoms with E-state index < -0.39 is 0 Å². The van der Waals surface area contributed by atoms with Crippen LogP contribution in [-0.4, -0.2) is 54.0 Å². The molecule has 0 aliphatic rings. The second-order valence-corrected chi connectivity index (χ2v) is 7.56. The number of carbonyl (C=O) groups excluding carboxylic acids is 2. The van der Waals surface area contributed by atoms with Crippen LogP contribution in [0.25, 0.3) is 0 Å². The number of benzene rings is 1. The lowest BCUT2D eigenvalue weighted by atomic mass is 10.1. The first kappa shape index (κ1) is 21.3. The normalized spacial score (nSPS) is 12.0. The molecule has 2 amide bonds. The van der Waals surface area contributed by atoms with Crippen LogP contribution in [0.2, 0.25) is 5.02 Å². The molecule has 2 rings (SSSR count). The van der Waals surface area contributed by atoms with E-state index in [0.717, 1.165) is 5.56 Å². The van der Waals surface area contributed by atoms with Crippen molar-refractivity contribution in [2.45, 2.75) is 13.0 Å². The zero-order chi connectivity index (χ0) is 19.8. The highest BCUT2D eigenvalue weighted by atomic mass is 35.5. The molecule has 146 valence electrons. The Morgan fingerprint density at radius 2 is 1.96 bits per heavy atom. The standard InChI is InChI=1S/C18H23ClN4O3S/c1-12-8-16(22-26-12)21-18(25)11-27-10-17(24)20-9-15(23(2)3)13-6-4-5-7-14(13)19/h4-8,15H,9-11H2,1-3H3,(H,20,24)(H,21,22,25)/t15-/m1/s1. The summed E-state index contributed by atoms with van der Waals surface area (Å²) < 4.78 is 4.88. The van der Waals surface area contributed by atoms with Crippen molar-refractivity contribution >= 4 is 41.0 Å². The predicted molar refractivity (Wildman–Crippen MR) is 108 cm³/mol. The molecule has 0 aliphatic carbocycles. The Balaban J connectivity index is 1.74. The molecule has 9 heteroatoms. The molecular weight excluding hydrogens is 388 g/mol. The fourth-order valence-electron chi connectivity index (χ4n) is 2.42. The van der Waals surface area contributed by atoms with E-state index in [9.17, 15) is 9.59 Å². The highest BCUT2D eigenvalue weighted by Gasteiger charge is 2.18. The van der Waals surface area contributed by atoms with Gasteiger partial charge in [0.1, 0.15) is 5.76 Å². The highest BCUT2D eigenvalue weighted by molar-refractivity contribution is 8.00. The minimum atomic E-state index is -0.233. The average molecular weight is 411 g/mol. The van der Waals surface area contributed by atoms with Crippen molar-refractivity contribution < 1.29 is 14.1 Å². The molecular formula is C18H23ClN4O3S. The number of rotatable bonds is 9. The third-order valence-electron chi connectivity index (χ3n) is 3.74. The monoisotopic (exact) mass is 410 g/mol. The summed E-state index contributed by atoms with van der Waals surface area (Å²) in [6, 6.07) is 9.17. The first-order chi connectivity index (χ1) is 12.9. The maximum absolute atomic E-state index is 12.1. The van der Waals surface area contributed by atoms with Gasteiger partial charge in [-0.1, -0.05) is 35.0 Å². The van der Waals surface area contributed by atoms with Crippen molar-refractivity contribution in [3.05, 3.63) is 46.7 Å². The van der Waals surface area contributed by atoms with Gasteiger partial charge in [0.2, 0.25) is 11.8 Å². The van der Waals surface area contributed by atoms with Gasteiger partial charge in [-0.05, 0) is 32.6 Å². The van der Waals surface area contributed by atoms with E-state index in [1.54, 1.807) is 13.0 Å². The molecule has 0 aliphatic heterocycles. The first-order valence-electron chi connectivity index (χ1n) is 8.35. The Labute approximate surface area is 167 Å². The smallest absolute Gasteiger partial charge is 0.235 e. The van der Waals surface area contributed by atoms with E-state index >= 15 is 0 Å². The molecule has 27 heavy (non-hydrogen) atoms. The zero-order valence-electron chi connectivity index (χ0n) is 15.5. The molecule has 7 nitrogen and oxygen atoms in total. The number of hydrogen-bond acceptors (Lipinski definition) is 6. The number of aryl methyl sites for hydroxylation is 1. The van der Waals surface area contributed by atoms with Gasteiger partial charge in [-0.15, -0.1) is 11.8 Å². The lowest BCUT2D eigenvalue weighted by Crippen LogP contribution is -2.35. The van der Waals surface area contributed by atoms with Crippen molar-refractivity contribution in [1.82, 2.24) is 15.4 Å². The number of amides is 2. The third-order valence-corrected chi connectivity index (χ3v) is 5.02. The van der Waals surface area contributed by atoms with Crippen LogP contribution in [0.5, 0.6) is 0 Å². The molecule has 0 saturated heterocycles. The van der Waals surface area contributed by atoms with Gasteiger partial charge in [0.05, 0.1) is 17.5 Å². The number of aromatic nitrogens is 1. The predicted octanol–water partition coefficient (Wildman–Crippen LogP) is 2.73. The maximum Gasteiger partial charge on any atom is 0.235 e. The van der Waals surface area contributed by atoms with E-state index in [-0.39, 0.29) is 29.4 Å². The molecule has 1 aromatic carbocycles. The van der Waals surface area contributed by atoms with Crippen LogP contribution < -0.4 is 10.6 Å². The van der Waals surface area contributed by atoms with Crippen LogP contribution >= 0.6 is 23.4 Å². The largest absolute Gasteiger partial charge is 0.360 e. The van der Waals surface area contributed by atoms with E-state index in [0.29, 0.717) is 23.1 Å². The molecule has 0 bridgehead atoms. The number of likely N-dealkylation sites (N-methyl/N-ethyl adjacent to an activating group) is 1. The zero-order valence-corrected chi connectivity index (χ0v) is 17.1. The third kappa shape index (κ3) is 6.89. The first-order valence-corrected chi connectivity index (χ1v) is 9.88. The molecule has 2 N–H and O–H groups in total. The second-order valence-electron chi connectivity index (χ2n) is 6.17. The summed E-state index contributed by atoms with van der Waals surface area (Å²) in [6.45, 7) is 2.17. The van der Waals surface area contributed by atoms with Gasteiger partial charge in [-0.2, -0.15) is 0 Å². The molecule has 2 aromatic rings. The highest BCUT2D eigenvalue weighted by Crippen LogP contribution is 2.25.